The van der Waals surface area contributed by atoms with Gasteiger partial charge in [0.05, 0.1) is 5.60 Å². The van der Waals surface area contributed by atoms with Crippen molar-refractivity contribution in [1.29, 1.82) is 0 Å². The number of hydrogen-bond acceptors (Lipinski definition) is 4. The predicted molar refractivity (Wildman–Crippen MR) is 61.1 cm³/mol. The average molecular weight is 231 g/mol. The summed E-state index contributed by atoms with van der Waals surface area (Å²) in [5, 5.41) is 21.0. The van der Waals surface area contributed by atoms with Gasteiger partial charge in [-0.2, -0.15) is 0 Å². The normalized spacial score (nSPS) is 13.8. The van der Waals surface area contributed by atoms with Crippen LogP contribution < -0.4 is 5.73 Å². The van der Waals surface area contributed by atoms with Gasteiger partial charge in [0.2, 0.25) is 5.91 Å². The lowest BCUT2D eigenvalue weighted by atomic mass is 9.90. The van der Waals surface area contributed by atoms with Gasteiger partial charge in [-0.15, -0.1) is 0 Å². The molecule has 0 aliphatic carbocycles. The molecule has 0 spiro atoms. The number of carbonyl (C=O) groups excluding carboxylic acids is 1. The highest BCUT2D eigenvalue weighted by Gasteiger charge is 2.36. The van der Waals surface area contributed by atoms with E-state index >= 15 is 0 Å². The number of rotatable bonds is 4. The summed E-state index contributed by atoms with van der Waals surface area (Å²) in [4.78, 5) is 13.3. The number of carbonyl (C=O) groups is 1. The zero-order valence-corrected chi connectivity index (χ0v) is 10.5. The Morgan fingerprint density at radius 1 is 1.38 bits per heavy atom. The number of aliphatic hydroxyl groups is 1. The quantitative estimate of drug-likeness (QED) is 0.274. The molecule has 1 amide bonds. The zero-order chi connectivity index (χ0) is 13.1. The van der Waals surface area contributed by atoms with E-state index in [4.69, 9.17) is 10.9 Å². The maximum absolute atomic E-state index is 12.0. The molecule has 0 fully saturated rings. The number of amides is 1. The highest BCUT2D eigenvalue weighted by Crippen LogP contribution is 2.19. The van der Waals surface area contributed by atoms with Crippen molar-refractivity contribution in [3.63, 3.8) is 0 Å². The minimum Gasteiger partial charge on any atom is -0.409 e. The topological polar surface area (TPSA) is 99.2 Å². The van der Waals surface area contributed by atoms with Crippen molar-refractivity contribution >= 4 is 11.7 Å². The average Bonchev–Trinajstić information content (AvgIpc) is 2.12. The van der Waals surface area contributed by atoms with E-state index < -0.39 is 11.0 Å². The first-order chi connectivity index (χ1) is 7.02. The van der Waals surface area contributed by atoms with Crippen LogP contribution in [-0.2, 0) is 4.79 Å². The van der Waals surface area contributed by atoms with Crippen molar-refractivity contribution in [2.75, 3.05) is 13.6 Å². The van der Waals surface area contributed by atoms with Crippen LogP contribution in [0.5, 0.6) is 0 Å². The van der Waals surface area contributed by atoms with E-state index in [-0.39, 0.29) is 18.3 Å². The van der Waals surface area contributed by atoms with Crippen LogP contribution in [0, 0.1) is 5.41 Å². The van der Waals surface area contributed by atoms with E-state index in [2.05, 4.69) is 5.16 Å². The number of nitrogens with two attached hydrogens (primary N) is 1. The molecule has 0 rings (SSSR count). The molecule has 4 N–H and O–H groups in total. The monoisotopic (exact) mass is 231 g/mol. The first-order valence-corrected chi connectivity index (χ1v) is 4.98. The Morgan fingerprint density at radius 2 is 1.81 bits per heavy atom. The first kappa shape index (κ1) is 14.7. The van der Waals surface area contributed by atoms with E-state index in [1.165, 1.54) is 4.90 Å². The molecule has 0 radical (unpaired) electrons. The molecule has 94 valence electrons. The molecule has 0 atom stereocenters. The molecule has 6 heteroatoms. The maximum atomic E-state index is 12.0. The van der Waals surface area contributed by atoms with Crippen LogP contribution in [0.3, 0.4) is 0 Å². The summed E-state index contributed by atoms with van der Waals surface area (Å²) in [5.74, 6) is -0.468. The molecule has 6 nitrogen and oxygen atoms in total. The molecular weight excluding hydrogens is 210 g/mol. The van der Waals surface area contributed by atoms with E-state index in [0.29, 0.717) is 0 Å². The van der Waals surface area contributed by atoms with Crippen LogP contribution in [0.15, 0.2) is 5.16 Å². The standard InChI is InChI=1S/C10H21N3O3/c1-9(2,15)6-13(5)8(14)10(3,4)7(11)12-16/h15-16H,6H2,1-5H3,(H2,11,12). The van der Waals surface area contributed by atoms with Crippen LogP contribution >= 0.6 is 0 Å². The van der Waals surface area contributed by atoms with Gasteiger partial charge >= 0.3 is 0 Å². The Balaban J connectivity index is 4.81. The van der Waals surface area contributed by atoms with Crippen LogP contribution in [0.1, 0.15) is 27.7 Å². The minimum atomic E-state index is -1.09. The van der Waals surface area contributed by atoms with Crippen molar-refractivity contribution < 1.29 is 15.1 Å². The molecule has 0 bridgehead atoms. The highest BCUT2D eigenvalue weighted by molar-refractivity contribution is 6.05. The summed E-state index contributed by atoms with van der Waals surface area (Å²) in [6.07, 6.45) is 0. The van der Waals surface area contributed by atoms with Crippen molar-refractivity contribution in [2.24, 2.45) is 16.3 Å². The second-order valence-electron chi connectivity index (χ2n) is 5.08. The third-order valence-electron chi connectivity index (χ3n) is 2.25. The predicted octanol–water partition coefficient (Wildman–Crippen LogP) is -0.0117. The van der Waals surface area contributed by atoms with Crippen LogP contribution in [0.2, 0.25) is 0 Å². The Hall–Kier alpha value is -1.30. The summed E-state index contributed by atoms with van der Waals surface area (Å²) >= 11 is 0. The SMILES string of the molecule is CN(CC(C)(C)O)C(=O)C(C)(C)C(N)=NO. The van der Waals surface area contributed by atoms with E-state index in [0.717, 1.165) is 0 Å². The molecule has 0 aromatic heterocycles. The summed E-state index contributed by atoms with van der Waals surface area (Å²) in [5.41, 5.74) is 3.37. The van der Waals surface area contributed by atoms with Gasteiger partial charge in [-0.05, 0) is 27.7 Å². The van der Waals surface area contributed by atoms with Crippen LogP contribution in [0.25, 0.3) is 0 Å². The van der Waals surface area contributed by atoms with Crippen LogP contribution in [0.4, 0.5) is 0 Å². The Bertz CT molecular complexity index is 292. The van der Waals surface area contributed by atoms with Crippen molar-refractivity contribution in [3.8, 4) is 0 Å². The molecule has 0 unspecified atom stereocenters. The molecule has 0 aliphatic heterocycles. The fraction of sp³-hybridized carbons (Fsp3) is 0.800. The Morgan fingerprint density at radius 3 is 2.12 bits per heavy atom. The summed E-state index contributed by atoms with van der Waals surface area (Å²) < 4.78 is 0. The van der Waals surface area contributed by atoms with Gasteiger partial charge in [0, 0.05) is 13.6 Å². The maximum Gasteiger partial charge on any atom is 0.235 e. The molecule has 0 saturated carbocycles. The number of hydrogen-bond donors (Lipinski definition) is 3. The second kappa shape index (κ2) is 4.69. The smallest absolute Gasteiger partial charge is 0.235 e. The van der Waals surface area contributed by atoms with Gasteiger partial charge in [-0.25, -0.2) is 0 Å². The second-order valence-corrected chi connectivity index (χ2v) is 5.08. The first-order valence-electron chi connectivity index (χ1n) is 4.98. The molecule has 0 aromatic carbocycles. The van der Waals surface area contributed by atoms with Crippen molar-refractivity contribution in [1.82, 2.24) is 4.90 Å². The lowest BCUT2D eigenvalue weighted by molar-refractivity contribution is -0.138. The fourth-order valence-corrected chi connectivity index (χ4v) is 1.36. The molecule has 0 aliphatic rings. The minimum absolute atomic E-state index is 0.153. The highest BCUT2D eigenvalue weighted by atomic mass is 16.4. The summed E-state index contributed by atoms with van der Waals surface area (Å²) in [6.45, 7) is 6.50. The largest absolute Gasteiger partial charge is 0.409 e. The summed E-state index contributed by atoms with van der Waals surface area (Å²) in [7, 11) is 1.56. The van der Waals surface area contributed by atoms with Gasteiger partial charge < -0.3 is 20.9 Å². The van der Waals surface area contributed by atoms with E-state index in [1.54, 1.807) is 34.7 Å². The van der Waals surface area contributed by atoms with Gasteiger partial charge in [0.25, 0.3) is 0 Å². The Labute approximate surface area is 95.7 Å². The van der Waals surface area contributed by atoms with E-state index in [9.17, 15) is 9.90 Å². The molecular formula is C10H21N3O3. The third-order valence-corrected chi connectivity index (χ3v) is 2.25. The molecule has 16 heavy (non-hydrogen) atoms. The number of nitrogens with zero attached hydrogens (tertiary/aromatic N) is 2. The van der Waals surface area contributed by atoms with Crippen molar-refractivity contribution in [3.05, 3.63) is 0 Å². The fourth-order valence-electron chi connectivity index (χ4n) is 1.36. The summed E-state index contributed by atoms with van der Waals surface area (Å²) in [6, 6.07) is 0. The number of likely N-dealkylation sites (N-methyl/N-ethyl adjacent to an activating group) is 1. The van der Waals surface area contributed by atoms with Gasteiger partial charge in [0.1, 0.15) is 5.41 Å². The zero-order valence-electron chi connectivity index (χ0n) is 10.5. The third kappa shape index (κ3) is 3.69. The van der Waals surface area contributed by atoms with Crippen LogP contribution in [-0.4, -0.2) is 46.1 Å². The van der Waals surface area contributed by atoms with Gasteiger partial charge in [0.15, 0.2) is 5.84 Å². The van der Waals surface area contributed by atoms with Gasteiger partial charge in [-0.1, -0.05) is 5.16 Å². The number of amidine groups is 1. The molecule has 0 saturated heterocycles. The molecule has 0 aromatic rings. The van der Waals surface area contributed by atoms with Crippen molar-refractivity contribution in [2.45, 2.75) is 33.3 Å². The lowest BCUT2D eigenvalue weighted by Gasteiger charge is -2.31. The lowest BCUT2D eigenvalue weighted by Crippen LogP contribution is -2.50. The van der Waals surface area contributed by atoms with Gasteiger partial charge in [-0.3, -0.25) is 4.79 Å². The number of oxime groups is 1. The van der Waals surface area contributed by atoms with E-state index in [1.807, 2.05) is 0 Å². The Kier molecular flexibility index (Phi) is 4.31. The molecule has 0 heterocycles.